The van der Waals surface area contributed by atoms with Crippen molar-refractivity contribution in [1.29, 1.82) is 0 Å². The Bertz CT molecular complexity index is 614. The topological polar surface area (TPSA) is 63.1 Å². The van der Waals surface area contributed by atoms with Crippen LogP contribution in [0.1, 0.15) is 18.2 Å². The summed E-state index contributed by atoms with van der Waals surface area (Å²) in [5, 5.41) is 8.77. The molecule has 0 spiro atoms. The lowest BCUT2D eigenvalue weighted by Gasteiger charge is -2.06. The Labute approximate surface area is 110 Å². The highest BCUT2D eigenvalue weighted by molar-refractivity contribution is 5.71. The van der Waals surface area contributed by atoms with Gasteiger partial charge >= 0.3 is 5.97 Å². The van der Waals surface area contributed by atoms with Crippen molar-refractivity contribution >= 4 is 5.97 Å². The quantitative estimate of drug-likeness (QED) is 0.917. The van der Waals surface area contributed by atoms with Crippen LogP contribution in [0.15, 0.2) is 30.6 Å². The molecule has 5 heteroatoms. The van der Waals surface area contributed by atoms with Gasteiger partial charge in [0, 0.05) is 5.56 Å². The minimum atomic E-state index is -0.922. The van der Waals surface area contributed by atoms with Crippen LogP contribution in [0.25, 0.3) is 11.3 Å². The first-order valence-corrected chi connectivity index (χ1v) is 5.92. The standard InChI is InChI=1S/C14H13FN2O2/c1-2-11-13(15)14(17-8-16-11)10-5-3-4-9(6-10)7-12(18)19/h3-6,8H,2,7H2,1H3,(H,18,19). The minimum absolute atomic E-state index is 0.0961. The molecule has 0 atom stereocenters. The molecule has 1 aromatic carbocycles. The monoisotopic (exact) mass is 260 g/mol. The van der Waals surface area contributed by atoms with Crippen LogP contribution in [0.4, 0.5) is 4.39 Å². The number of carbonyl (C=O) groups is 1. The van der Waals surface area contributed by atoms with Gasteiger partial charge in [-0.2, -0.15) is 0 Å². The number of rotatable bonds is 4. The molecule has 0 aliphatic carbocycles. The average molecular weight is 260 g/mol. The van der Waals surface area contributed by atoms with Crippen LogP contribution >= 0.6 is 0 Å². The van der Waals surface area contributed by atoms with Crippen LogP contribution in [-0.2, 0) is 17.6 Å². The van der Waals surface area contributed by atoms with Crippen molar-refractivity contribution in [1.82, 2.24) is 9.97 Å². The predicted molar refractivity (Wildman–Crippen MR) is 68.1 cm³/mol. The molecule has 0 aliphatic rings. The van der Waals surface area contributed by atoms with Crippen molar-refractivity contribution in [3.8, 4) is 11.3 Å². The SMILES string of the molecule is CCc1ncnc(-c2cccc(CC(=O)O)c2)c1F. The highest BCUT2D eigenvalue weighted by atomic mass is 19.1. The lowest BCUT2D eigenvalue weighted by atomic mass is 10.0. The van der Waals surface area contributed by atoms with Gasteiger partial charge in [0.25, 0.3) is 0 Å². The Hall–Kier alpha value is -2.30. The molecule has 0 radical (unpaired) electrons. The molecule has 98 valence electrons. The summed E-state index contributed by atoms with van der Waals surface area (Å²) < 4.78 is 14.1. The Kier molecular flexibility index (Phi) is 3.85. The molecule has 2 rings (SSSR count). The maximum Gasteiger partial charge on any atom is 0.307 e. The van der Waals surface area contributed by atoms with Crippen LogP contribution in [0.5, 0.6) is 0 Å². The van der Waals surface area contributed by atoms with E-state index in [0.29, 0.717) is 23.2 Å². The summed E-state index contributed by atoms with van der Waals surface area (Å²) in [5.41, 5.74) is 1.74. The first kappa shape index (κ1) is 13.1. The van der Waals surface area contributed by atoms with E-state index in [2.05, 4.69) is 9.97 Å². The summed E-state index contributed by atoms with van der Waals surface area (Å²) in [4.78, 5) is 18.5. The fourth-order valence-corrected chi connectivity index (χ4v) is 1.86. The van der Waals surface area contributed by atoms with Gasteiger partial charge in [0.2, 0.25) is 0 Å². The second-order valence-corrected chi connectivity index (χ2v) is 4.11. The van der Waals surface area contributed by atoms with E-state index in [9.17, 15) is 9.18 Å². The number of carboxylic acid groups (broad SMARTS) is 1. The summed E-state index contributed by atoms with van der Waals surface area (Å²) in [6, 6.07) is 6.73. The van der Waals surface area contributed by atoms with Crippen LogP contribution < -0.4 is 0 Å². The normalized spacial score (nSPS) is 10.4. The summed E-state index contributed by atoms with van der Waals surface area (Å²) in [7, 11) is 0. The molecular weight excluding hydrogens is 247 g/mol. The van der Waals surface area contributed by atoms with Crippen LogP contribution in [0.2, 0.25) is 0 Å². The van der Waals surface area contributed by atoms with Gasteiger partial charge in [-0.3, -0.25) is 4.79 Å². The molecule has 19 heavy (non-hydrogen) atoms. The summed E-state index contributed by atoms with van der Waals surface area (Å²) in [5.74, 6) is -1.37. The summed E-state index contributed by atoms with van der Waals surface area (Å²) in [6.07, 6.45) is 1.71. The van der Waals surface area contributed by atoms with Gasteiger partial charge in [0.1, 0.15) is 12.0 Å². The Morgan fingerprint density at radius 1 is 1.37 bits per heavy atom. The number of hydrogen-bond acceptors (Lipinski definition) is 3. The van der Waals surface area contributed by atoms with Crippen LogP contribution in [0, 0.1) is 5.82 Å². The molecule has 0 saturated carbocycles. The maximum absolute atomic E-state index is 14.1. The van der Waals surface area contributed by atoms with E-state index in [4.69, 9.17) is 5.11 Å². The Balaban J connectivity index is 2.44. The van der Waals surface area contributed by atoms with Crippen LogP contribution in [-0.4, -0.2) is 21.0 Å². The number of hydrogen-bond donors (Lipinski definition) is 1. The second-order valence-electron chi connectivity index (χ2n) is 4.11. The van der Waals surface area contributed by atoms with Gasteiger partial charge in [-0.15, -0.1) is 0 Å². The molecule has 0 amide bonds. The molecule has 2 aromatic rings. The van der Waals surface area contributed by atoms with Gasteiger partial charge < -0.3 is 5.11 Å². The largest absolute Gasteiger partial charge is 0.481 e. The highest BCUT2D eigenvalue weighted by Crippen LogP contribution is 2.22. The van der Waals surface area contributed by atoms with E-state index in [-0.39, 0.29) is 12.1 Å². The third kappa shape index (κ3) is 2.93. The van der Waals surface area contributed by atoms with Crippen LogP contribution in [0.3, 0.4) is 0 Å². The number of aromatic nitrogens is 2. The second kappa shape index (κ2) is 5.56. The maximum atomic E-state index is 14.1. The third-order valence-electron chi connectivity index (χ3n) is 2.75. The first-order chi connectivity index (χ1) is 9.11. The van der Waals surface area contributed by atoms with Crippen molar-refractivity contribution in [2.75, 3.05) is 0 Å². The fraction of sp³-hybridized carbons (Fsp3) is 0.214. The molecule has 0 bridgehead atoms. The van der Waals surface area contributed by atoms with E-state index in [1.165, 1.54) is 6.33 Å². The average Bonchev–Trinajstić information content (AvgIpc) is 2.38. The molecule has 0 fully saturated rings. The number of benzene rings is 1. The Morgan fingerprint density at radius 3 is 2.84 bits per heavy atom. The third-order valence-corrected chi connectivity index (χ3v) is 2.75. The van der Waals surface area contributed by atoms with Crippen molar-refractivity contribution in [2.24, 2.45) is 0 Å². The summed E-state index contributed by atoms with van der Waals surface area (Å²) in [6.45, 7) is 1.82. The number of nitrogens with zero attached hydrogens (tertiary/aromatic N) is 2. The molecule has 1 aromatic heterocycles. The molecule has 1 heterocycles. The van der Waals surface area contributed by atoms with E-state index >= 15 is 0 Å². The van der Waals surface area contributed by atoms with Crippen molar-refractivity contribution < 1.29 is 14.3 Å². The zero-order valence-electron chi connectivity index (χ0n) is 10.4. The lowest BCUT2D eigenvalue weighted by Crippen LogP contribution is -2.01. The van der Waals surface area contributed by atoms with Gasteiger partial charge in [0.15, 0.2) is 5.82 Å². The van der Waals surface area contributed by atoms with Gasteiger partial charge in [-0.1, -0.05) is 25.1 Å². The van der Waals surface area contributed by atoms with Crippen molar-refractivity contribution in [3.05, 3.63) is 47.7 Å². The molecule has 4 nitrogen and oxygen atoms in total. The zero-order valence-corrected chi connectivity index (χ0v) is 10.4. The van der Waals surface area contributed by atoms with Gasteiger partial charge in [-0.05, 0) is 18.1 Å². The smallest absolute Gasteiger partial charge is 0.307 e. The highest BCUT2D eigenvalue weighted by Gasteiger charge is 2.12. The van der Waals surface area contributed by atoms with Crippen molar-refractivity contribution in [3.63, 3.8) is 0 Å². The molecule has 0 unspecified atom stereocenters. The van der Waals surface area contributed by atoms with E-state index in [1.807, 2.05) is 6.92 Å². The fourth-order valence-electron chi connectivity index (χ4n) is 1.86. The molecule has 0 aliphatic heterocycles. The lowest BCUT2D eigenvalue weighted by molar-refractivity contribution is -0.136. The molecule has 1 N–H and O–H groups in total. The molecule has 0 saturated heterocycles. The number of aliphatic carboxylic acids is 1. The van der Waals surface area contributed by atoms with Gasteiger partial charge in [0.05, 0.1) is 12.1 Å². The number of halogens is 1. The van der Waals surface area contributed by atoms with Crippen molar-refractivity contribution in [2.45, 2.75) is 19.8 Å². The number of carboxylic acids is 1. The summed E-state index contributed by atoms with van der Waals surface area (Å²) >= 11 is 0. The van der Waals surface area contributed by atoms with E-state index in [0.717, 1.165) is 0 Å². The zero-order chi connectivity index (χ0) is 13.8. The first-order valence-electron chi connectivity index (χ1n) is 5.92. The minimum Gasteiger partial charge on any atom is -0.481 e. The van der Waals surface area contributed by atoms with Gasteiger partial charge in [-0.25, -0.2) is 14.4 Å². The molecular formula is C14H13FN2O2. The Morgan fingerprint density at radius 2 is 2.16 bits per heavy atom. The van der Waals surface area contributed by atoms with E-state index in [1.54, 1.807) is 24.3 Å². The predicted octanol–water partition coefficient (Wildman–Crippen LogP) is 2.47. The van der Waals surface area contributed by atoms with E-state index < -0.39 is 11.8 Å². The number of aryl methyl sites for hydroxylation is 1.